The highest BCUT2D eigenvalue weighted by atomic mass is 16.5. The van der Waals surface area contributed by atoms with Crippen LogP contribution in [0.1, 0.15) is 17.0 Å². The number of carbonyl (C=O) groups is 1. The molecule has 2 atom stereocenters. The maximum atomic E-state index is 12.0. The number of aromatic nitrogens is 1. The zero-order valence-electron chi connectivity index (χ0n) is 8.35. The van der Waals surface area contributed by atoms with E-state index in [1.54, 1.807) is 6.07 Å². The molecule has 2 aliphatic rings. The normalized spacial score (nSPS) is 29.5. The summed E-state index contributed by atoms with van der Waals surface area (Å²) in [5.74, 6) is 0.947. The van der Waals surface area contributed by atoms with E-state index in [4.69, 9.17) is 4.52 Å². The van der Waals surface area contributed by atoms with Crippen molar-refractivity contribution in [1.29, 1.82) is 0 Å². The minimum atomic E-state index is -0.0244. The van der Waals surface area contributed by atoms with Crippen LogP contribution in [0.25, 0.3) is 0 Å². The van der Waals surface area contributed by atoms with Gasteiger partial charge in [-0.1, -0.05) is 5.16 Å². The predicted molar refractivity (Wildman–Crippen MR) is 52.3 cm³/mol. The molecule has 1 amide bonds. The molecule has 2 unspecified atom stereocenters. The van der Waals surface area contributed by atoms with Crippen LogP contribution >= 0.6 is 0 Å². The minimum Gasteiger partial charge on any atom is -0.351 e. The van der Waals surface area contributed by atoms with Crippen LogP contribution in [0.3, 0.4) is 0 Å². The summed E-state index contributed by atoms with van der Waals surface area (Å²) in [4.78, 5) is 13.9. The summed E-state index contributed by atoms with van der Waals surface area (Å²) >= 11 is 0. The Labute approximate surface area is 87.4 Å². The highest BCUT2D eigenvalue weighted by Crippen LogP contribution is 2.28. The topological polar surface area (TPSA) is 58.4 Å². The van der Waals surface area contributed by atoms with E-state index in [-0.39, 0.29) is 5.91 Å². The summed E-state index contributed by atoms with van der Waals surface area (Å²) in [6.07, 6.45) is 2.60. The van der Waals surface area contributed by atoms with Crippen LogP contribution in [0.2, 0.25) is 0 Å². The zero-order chi connectivity index (χ0) is 10.3. The lowest BCUT2D eigenvalue weighted by Gasteiger charge is -2.21. The molecule has 3 rings (SSSR count). The quantitative estimate of drug-likeness (QED) is 0.710. The van der Waals surface area contributed by atoms with E-state index >= 15 is 0 Å². The van der Waals surface area contributed by atoms with E-state index in [9.17, 15) is 4.79 Å². The minimum absolute atomic E-state index is 0.0244. The number of amides is 1. The Bertz CT molecular complexity index is 363. The molecule has 0 radical (unpaired) electrons. The first-order valence-electron chi connectivity index (χ1n) is 5.28. The van der Waals surface area contributed by atoms with E-state index < -0.39 is 0 Å². The van der Waals surface area contributed by atoms with E-state index in [0.717, 1.165) is 26.1 Å². The van der Waals surface area contributed by atoms with Crippen molar-refractivity contribution in [1.82, 2.24) is 15.4 Å². The molecule has 0 saturated carbocycles. The molecule has 80 valence electrons. The van der Waals surface area contributed by atoms with Crippen LogP contribution < -0.4 is 5.32 Å². The van der Waals surface area contributed by atoms with Crippen molar-refractivity contribution >= 4 is 5.91 Å². The third kappa shape index (κ3) is 1.34. The van der Waals surface area contributed by atoms with Gasteiger partial charge in [-0.15, -0.1) is 0 Å². The Balaban J connectivity index is 1.80. The molecule has 1 N–H and O–H groups in total. The summed E-state index contributed by atoms with van der Waals surface area (Å²) in [6.45, 7) is 2.78. The van der Waals surface area contributed by atoms with Gasteiger partial charge in [0.1, 0.15) is 0 Å². The van der Waals surface area contributed by atoms with Gasteiger partial charge in [-0.05, 0) is 12.3 Å². The van der Waals surface area contributed by atoms with Gasteiger partial charge in [0, 0.05) is 31.7 Å². The third-order valence-electron chi connectivity index (χ3n) is 3.35. The predicted octanol–water partition coefficient (Wildman–Crippen LogP) is 0.108. The number of hydrogen-bond acceptors (Lipinski definition) is 4. The Hall–Kier alpha value is -1.36. The summed E-state index contributed by atoms with van der Waals surface area (Å²) in [6, 6.07) is 1.97. The summed E-state index contributed by atoms with van der Waals surface area (Å²) in [5, 5.41) is 6.88. The Morgan fingerprint density at radius 3 is 3.33 bits per heavy atom. The van der Waals surface area contributed by atoms with Gasteiger partial charge < -0.3 is 14.7 Å². The average Bonchev–Trinajstić information content (AvgIpc) is 2.94. The number of hydrogen-bond donors (Lipinski definition) is 1. The van der Waals surface area contributed by atoms with Crippen molar-refractivity contribution in [3.8, 4) is 0 Å². The van der Waals surface area contributed by atoms with Crippen LogP contribution in [0, 0.1) is 5.92 Å². The first-order valence-corrected chi connectivity index (χ1v) is 5.28. The number of nitrogens with one attached hydrogen (secondary N) is 1. The third-order valence-corrected chi connectivity index (χ3v) is 3.35. The molecule has 0 spiro atoms. The number of nitrogens with zero attached hydrogens (tertiary/aromatic N) is 2. The molecule has 15 heavy (non-hydrogen) atoms. The van der Waals surface area contributed by atoms with Crippen molar-refractivity contribution in [2.24, 2.45) is 5.92 Å². The fraction of sp³-hybridized carbons (Fsp3) is 0.600. The second-order valence-electron chi connectivity index (χ2n) is 4.15. The van der Waals surface area contributed by atoms with Crippen LogP contribution in [0.4, 0.5) is 0 Å². The zero-order valence-corrected chi connectivity index (χ0v) is 8.35. The molecule has 0 bridgehead atoms. The van der Waals surface area contributed by atoms with Crippen LogP contribution in [-0.2, 0) is 0 Å². The molecule has 0 aliphatic carbocycles. The van der Waals surface area contributed by atoms with Crippen LogP contribution in [0.5, 0.6) is 0 Å². The molecule has 0 aromatic carbocycles. The second kappa shape index (κ2) is 3.34. The molecule has 2 saturated heterocycles. The molecule has 5 heteroatoms. The molecule has 2 aliphatic heterocycles. The van der Waals surface area contributed by atoms with Crippen LogP contribution in [0.15, 0.2) is 16.8 Å². The fourth-order valence-corrected chi connectivity index (χ4v) is 2.57. The molecule has 3 heterocycles. The average molecular weight is 207 g/mol. The smallest absolute Gasteiger partial charge is 0.292 e. The van der Waals surface area contributed by atoms with Gasteiger partial charge in [0.15, 0.2) is 0 Å². The number of fused-ring (bicyclic) bond motifs is 1. The van der Waals surface area contributed by atoms with Gasteiger partial charge in [-0.3, -0.25) is 4.79 Å². The summed E-state index contributed by atoms with van der Waals surface area (Å²) in [5.41, 5.74) is 0. The summed E-state index contributed by atoms with van der Waals surface area (Å²) in [7, 11) is 0. The van der Waals surface area contributed by atoms with Crippen molar-refractivity contribution in [2.75, 3.05) is 19.6 Å². The largest absolute Gasteiger partial charge is 0.351 e. The van der Waals surface area contributed by atoms with Crippen molar-refractivity contribution in [3.63, 3.8) is 0 Å². The monoisotopic (exact) mass is 207 g/mol. The molecule has 1 aromatic rings. The van der Waals surface area contributed by atoms with E-state index in [1.807, 2.05) is 4.90 Å². The van der Waals surface area contributed by atoms with Crippen molar-refractivity contribution < 1.29 is 9.32 Å². The lowest BCUT2D eigenvalue weighted by Crippen LogP contribution is -2.38. The molecular formula is C10H13N3O2. The lowest BCUT2D eigenvalue weighted by atomic mass is 10.1. The molecule has 5 nitrogen and oxygen atoms in total. The Morgan fingerprint density at radius 2 is 2.53 bits per heavy atom. The van der Waals surface area contributed by atoms with Crippen molar-refractivity contribution in [2.45, 2.75) is 12.5 Å². The number of rotatable bonds is 1. The van der Waals surface area contributed by atoms with Gasteiger partial charge in [0.05, 0.1) is 6.20 Å². The number of carbonyl (C=O) groups excluding carboxylic acids is 1. The first kappa shape index (κ1) is 8.91. The van der Waals surface area contributed by atoms with Gasteiger partial charge in [-0.25, -0.2) is 0 Å². The van der Waals surface area contributed by atoms with E-state index in [0.29, 0.717) is 17.7 Å². The molecule has 2 fully saturated rings. The van der Waals surface area contributed by atoms with E-state index in [2.05, 4.69) is 10.5 Å². The van der Waals surface area contributed by atoms with Gasteiger partial charge in [0.2, 0.25) is 5.76 Å². The second-order valence-corrected chi connectivity index (χ2v) is 4.15. The molecule has 1 aromatic heterocycles. The lowest BCUT2D eigenvalue weighted by molar-refractivity contribution is 0.0695. The Kier molecular flexibility index (Phi) is 1.98. The summed E-state index contributed by atoms with van der Waals surface area (Å²) < 4.78 is 4.89. The standard InChI is InChI=1S/C10H13N3O2/c14-10(9-1-3-12-15-9)13-4-2-7-5-11-6-8(7)13/h1,3,7-8,11H,2,4-6H2. The maximum Gasteiger partial charge on any atom is 0.292 e. The molecular weight excluding hydrogens is 194 g/mol. The highest BCUT2D eigenvalue weighted by molar-refractivity contribution is 5.91. The van der Waals surface area contributed by atoms with Gasteiger partial charge in [0.25, 0.3) is 5.91 Å². The van der Waals surface area contributed by atoms with Gasteiger partial charge in [-0.2, -0.15) is 0 Å². The van der Waals surface area contributed by atoms with Crippen molar-refractivity contribution in [3.05, 3.63) is 18.0 Å². The van der Waals surface area contributed by atoms with E-state index in [1.165, 1.54) is 6.20 Å². The SMILES string of the molecule is O=C(c1ccno1)N1CCC2CNCC21. The highest BCUT2D eigenvalue weighted by Gasteiger charge is 2.40. The fourth-order valence-electron chi connectivity index (χ4n) is 2.57. The number of likely N-dealkylation sites (tertiary alicyclic amines) is 1. The van der Waals surface area contributed by atoms with Crippen LogP contribution in [-0.4, -0.2) is 41.6 Å². The first-order chi connectivity index (χ1) is 7.36. The van der Waals surface area contributed by atoms with Gasteiger partial charge >= 0.3 is 0 Å². The maximum absolute atomic E-state index is 12.0. The Morgan fingerprint density at radius 1 is 1.60 bits per heavy atom.